The standard InChI is InChI=1S/C26H24ClFN4O/c1-3-31(4-2)17-18-13-14-29-20(15-18)10-12-25-30-23-11-9-19(28)16-21(23)26(33)32(25)24-8-6-5-7-22(24)27/h5-16H,3-4,17H2,1-2H3. The van der Waals surface area contributed by atoms with Gasteiger partial charge in [0.25, 0.3) is 5.56 Å². The molecule has 0 saturated carbocycles. The fourth-order valence-electron chi connectivity index (χ4n) is 3.70. The Balaban J connectivity index is 1.82. The normalized spacial score (nSPS) is 11.7. The number of para-hydroxylation sites is 1. The lowest BCUT2D eigenvalue weighted by Gasteiger charge is -2.17. The molecule has 2 aromatic carbocycles. The van der Waals surface area contributed by atoms with Gasteiger partial charge in [0.1, 0.15) is 11.6 Å². The topological polar surface area (TPSA) is 51.0 Å². The van der Waals surface area contributed by atoms with Crippen LogP contribution < -0.4 is 5.56 Å². The van der Waals surface area contributed by atoms with Crippen molar-refractivity contribution in [1.29, 1.82) is 0 Å². The minimum atomic E-state index is -0.496. The van der Waals surface area contributed by atoms with E-state index in [0.717, 1.165) is 30.9 Å². The summed E-state index contributed by atoms with van der Waals surface area (Å²) in [6, 6.07) is 15.0. The van der Waals surface area contributed by atoms with Gasteiger partial charge in [0, 0.05) is 12.7 Å². The van der Waals surface area contributed by atoms with Crippen molar-refractivity contribution in [3.63, 3.8) is 0 Å². The van der Waals surface area contributed by atoms with Crippen molar-refractivity contribution in [1.82, 2.24) is 19.4 Å². The average Bonchev–Trinajstić information content (AvgIpc) is 2.83. The van der Waals surface area contributed by atoms with Gasteiger partial charge < -0.3 is 0 Å². The summed E-state index contributed by atoms with van der Waals surface area (Å²) >= 11 is 6.40. The molecule has 4 aromatic rings. The molecule has 0 spiro atoms. The number of rotatable bonds is 7. The van der Waals surface area contributed by atoms with Crippen LogP contribution in [0.25, 0.3) is 28.7 Å². The zero-order valence-electron chi connectivity index (χ0n) is 18.5. The van der Waals surface area contributed by atoms with Crippen LogP contribution in [0.3, 0.4) is 0 Å². The molecule has 7 heteroatoms. The highest BCUT2D eigenvalue weighted by molar-refractivity contribution is 6.32. The summed E-state index contributed by atoms with van der Waals surface area (Å²) in [6.45, 7) is 7.04. The van der Waals surface area contributed by atoms with E-state index in [-0.39, 0.29) is 5.39 Å². The molecule has 0 atom stereocenters. The molecule has 0 bridgehead atoms. The largest absolute Gasteiger partial charge is 0.300 e. The molecule has 4 rings (SSSR count). The van der Waals surface area contributed by atoms with Gasteiger partial charge in [-0.1, -0.05) is 37.6 Å². The first-order chi connectivity index (χ1) is 16.0. The van der Waals surface area contributed by atoms with Gasteiger partial charge in [-0.3, -0.25) is 19.2 Å². The molecular weight excluding hydrogens is 439 g/mol. The van der Waals surface area contributed by atoms with Crippen molar-refractivity contribution in [2.24, 2.45) is 0 Å². The van der Waals surface area contributed by atoms with Crippen LogP contribution in [0.5, 0.6) is 0 Å². The molecule has 0 fully saturated rings. The Morgan fingerprint density at radius 1 is 1.06 bits per heavy atom. The first-order valence-corrected chi connectivity index (χ1v) is 11.2. The highest BCUT2D eigenvalue weighted by atomic mass is 35.5. The number of aromatic nitrogens is 3. The second kappa shape index (κ2) is 10.1. The maximum absolute atomic E-state index is 13.9. The Bertz CT molecular complexity index is 1380. The Kier molecular flexibility index (Phi) is 6.96. The zero-order chi connectivity index (χ0) is 23.4. The number of benzene rings is 2. The number of pyridine rings is 1. The molecule has 0 aliphatic carbocycles. The summed E-state index contributed by atoms with van der Waals surface area (Å²) in [7, 11) is 0. The molecule has 0 amide bonds. The first kappa shape index (κ1) is 22.8. The minimum Gasteiger partial charge on any atom is -0.300 e. The van der Waals surface area contributed by atoms with Gasteiger partial charge in [-0.25, -0.2) is 9.37 Å². The number of fused-ring (bicyclic) bond motifs is 1. The molecule has 0 saturated heterocycles. The zero-order valence-corrected chi connectivity index (χ0v) is 19.3. The first-order valence-electron chi connectivity index (χ1n) is 10.8. The third-order valence-corrected chi connectivity index (χ3v) is 5.82. The van der Waals surface area contributed by atoms with Gasteiger partial charge in [0.05, 0.1) is 27.3 Å². The van der Waals surface area contributed by atoms with E-state index in [1.807, 2.05) is 18.2 Å². The molecule has 0 aliphatic rings. The number of hydrogen-bond acceptors (Lipinski definition) is 4. The van der Waals surface area contributed by atoms with Gasteiger partial charge in [0.15, 0.2) is 0 Å². The number of hydrogen-bond donors (Lipinski definition) is 0. The molecule has 2 heterocycles. The van der Waals surface area contributed by atoms with E-state index >= 15 is 0 Å². The van der Waals surface area contributed by atoms with Crippen molar-refractivity contribution in [3.05, 3.63) is 99.1 Å². The van der Waals surface area contributed by atoms with Gasteiger partial charge in [0.2, 0.25) is 0 Å². The van der Waals surface area contributed by atoms with Crippen LogP contribution in [-0.4, -0.2) is 32.5 Å². The summed E-state index contributed by atoms with van der Waals surface area (Å²) in [6.07, 6.45) is 5.32. The lowest BCUT2D eigenvalue weighted by Crippen LogP contribution is -2.22. The lowest BCUT2D eigenvalue weighted by molar-refractivity contribution is 0.296. The summed E-state index contributed by atoms with van der Waals surface area (Å²) in [5, 5.41) is 0.581. The summed E-state index contributed by atoms with van der Waals surface area (Å²) < 4.78 is 15.3. The molecule has 168 valence electrons. The molecule has 5 nitrogen and oxygen atoms in total. The highest BCUT2D eigenvalue weighted by Gasteiger charge is 2.14. The Labute approximate surface area is 196 Å². The highest BCUT2D eigenvalue weighted by Crippen LogP contribution is 2.22. The summed E-state index contributed by atoms with van der Waals surface area (Å²) in [5.41, 5.74) is 2.39. The maximum atomic E-state index is 13.9. The summed E-state index contributed by atoms with van der Waals surface area (Å²) in [5.74, 6) is -0.118. The second-order valence-corrected chi connectivity index (χ2v) is 8.01. The fourth-order valence-corrected chi connectivity index (χ4v) is 3.92. The smallest absolute Gasteiger partial charge is 0.266 e. The van der Waals surface area contributed by atoms with E-state index in [0.29, 0.717) is 22.1 Å². The molecule has 0 unspecified atom stereocenters. The van der Waals surface area contributed by atoms with Crippen molar-refractivity contribution in [2.75, 3.05) is 13.1 Å². The molecule has 0 aliphatic heterocycles. The third-order valence-electron chi connectivity index (χ3n) is 5.50. The van der Waals surface area contributed by atoms with Crippen LogP contribution >= 0.6 is 11.6 Å². The van der Waals surface area contributed by atoms with Crippen LogP contribution in [-0.2, 0) is 6.54 Å². The molecular formula is C26H24ClFN4O. The van der Waals surface area contributed by atoms with Crippen LogP contribution in [0.1, 0.15) is 30.9 Å². The average molecular weight is 463 g/mol. The SMILES string of the molecule is CCN(CC)Cc1ccnc(C=Cc2nc3ccc(F)cc3c(=O)n2-c2ccccc2Cl)c1. The van der Waals surface area contributed by atoms with Crippen LogP contribution in [0.2, 0.25) is 5.02 Å². The van der Waals surface area contributed by atoms with Crippen LogP contribution in [0, 0.1) is 5.82 Å². The third kappa shape index (κ3) is 5.02. The van der Waals surface area contributed by atoms with E-state index in [9.17, 15) is 9.18 Å². The van der Waals surface area contributed by atoms with Crippen molar-refractivity contribution >= 4 is 34.7 Å². The monoisotopic (exact) mass is 462 g/mol. The van der Waals surface area contributed by atoms with Crippen molar-refractivity contribution in [3.8, 4) is 5.69 Å². The summed E-state index contributed by atoms with van der Waals surface area (Å²) in [4.78, 5) is 24.7. The van der Waals surface area contributed by atoms with Crippen molar-refractivity contribution in [2.45, 2.75) is 20.4 Å². The van der Waals surface area contributed by atoms with Crippen LogP contribution in [0.4, 0.5) is 4.39 Å². The Morgan fingerprint density at radius 3 is 2.61 bits per heavy atom. The predicted octanol–water partition coefficient (Wildman–Crippen LogP) is 5.59. The van der Waals surface area contributed by atoms with E-state index in [4.69, 9.17) is 11.6 Å². The Hall–Kier alpha value is -3.35. The molecule has 2 aromatic heterocycles. The maximum Gasteiger partial charge on any atom is 0.266 e. The molecule has 33 heavy (non-hydrogen) atoms. The second-order valence-electron chi connectivity index (χ2n) is 7.61. The van der Waals surface area contributed by atoms with E-state index < -0.39 is 11.4 Å². The van der Waals surface area contributed by atoms with E-state index in [1.165, 1.54) is 22.8 Å². The minimum absolute atomic E-state index is 0.186. The lowest BCUT2D eigenvalue weighted by atomic mass is 10.2. The molecule has 0 N–H and O–H groups in total. The predicted molar refractivity (Wildman–Crippen MR) is 132 cm³/mol. The van der Waals surface area contributed by atoms with Gasteiger partial charge in [-0.2, -0.15) is 0 Å². The van der Waals surface area contributed by atoms with E-state index in [2.05, 4.69) is 28.7 Å². The van der Waals surface area contributed by atoms with Gasteiger partial charge in [-0.05, 0) is 73.3 Å². The van der Waals surface area contributed by atoms with Gasteiger partial charge >= 0.3 is 0 Å². The fraction of sp³-hybridized carbons (Fsp3) is 0.192. The van der Waals surface area contributed by atoms with Crippen molar-refractivity contribution < 1.29 is 4.39 Å². The molecule has 0 radical (unpaired) electrons. The number of halogens is 2. The van der Waals surface area contributed by atoms with Gasteiger partial charge in [-0.15, -0.1) is 0 Å². The van der Waals surface area contributed by atoms with Crippen LogP contribution in [0.15, 0.2) is 65.6 Å². The number of nitrogens with zero attached hydrogens (tertiary/aromatic N) is 4. The Morgan fingerprint density at radius 2 is 1.85 bits per heavy atom. The van der Waals surface area contributed by atoms with E-state index in [1.54, 1.807) is 36.5 Å². The quantitative estimate of drug-likeness (QED) is 0.359.